The molecule has 0 aliphatic heterocycles. The van der Waals surface area contributed by atoms with Gasteiger partial charge in [0.05, 0.1) is 13.7 Å². The lowest BCUT2D eigenvalue weighted by Crippen LogP contribution is -2.30. The minimum Gasteiger partial charge on any atom is -0.468 e. The second-order valence-corrected chi connectivity index (χ2v) is 4.38. The summed E-state index contributed by atoms with van der Waals surface area (Å²) >= 11 is 6.16. The Morgan fingerprint density at radius 1 is 1.47 bits per heavy atom. The molecule has 0 aromatic heterocycles. The Labute approximate surface area is 107 Å². The topological polar surface area (TPSA) is 29.5 Å². The maximum absolute atomic E-state index is 11.2. The van der Waals surface area contributed by atoms with Crippen molar-refractivity contribution in [3.8, 4) is 0 Å². The molecule has 3 nitrogen and oxygen atoms in total. The van der Waals surface area contributed by atoms with Gasteiger partial charge in [-0.1, -0.05) is 30.7 Å². The van der Waals surface area contributed by atoms with E-state index in [1.54, 1.807) is 0 Å². The fourth-order valence-electron chi connectivity index (χ4n) is 1.55. The summed E-state index contributed by atoms with van der Waals surface area (Å²) < 4.78 is 4.66. The zero-order valence-electron chi connectivity index (χ0n) is 10.5. The van der Waals surface area contributed by atoms with Crippen LogP contribution in [0.25, 0.3) is 0 Å². The van der Waals surface area contributed by atoms with Crippen LogP contribution in [-0.4, -0.2) is 31.1 Å². The van der Waals surface area contributed by atoms with Crippen molar-refractivity contribution in [1.29, 1.82) is 0 Å². The highest BCUT2D eigenvalue weighted by atomic mass is 35.5. The van der Waals surface area contributed by atoms with E-state index < -0.39 is 0 Å². The van der Waals surface area contributed by atoms with Gasteiger partial charge in [-0.3, -0.25) is 9.69 Å². The summed E-state index contributed by atoms with van der Waals surface area (Å²) in [6, 6.07) is 5.95. The normalized spacial score (nSPS) is 10.6. The Morgan fingerprint density at radius 3 is 2.71 bits per heavy atom. The van der Waals surface area contributed by atoms with Gasteiger partial charge in [-0.05, 0) is 30.7 Å². The Bertz CT molecular complexity index is 393. The highest BCUT2D eigenvalue weighted by Gasteiger charge is 2.11. The molecule has 4 heteroatoms. The van der Waals surface area contributed by atoms with Crippen molar-refractivity contribution in [1.82, 2.24) is 4.90 Å². The number of rotatable bonds is 5. The highest BCUT2D eigenvalue weighted by molar-refractivity contribution is 6.31. The molecule has 0 aliphatic rings. The lowest BCUT2D eigenvalue weighted by molar-refractivity contribution is -0.142. The second-order valence-electron chi connectivity index (χ2n) is 3.97. The van der Waals surface area contributed by atoms with Crippen LogP contribution in [0, 0.1) is 6.92 Å². The molecule has 1 aromatic rings. The van der Waals surface area contributed by atoms with Crippen molar-refractivity contribution in [2.75, 3.05) is 20.2 Å². The minimum absolute atomic E-state index is 0.227. The number of hydrogen-bond acceptors (Lipinski definition) is 3. The van der Waals surface area contributed by atoms with Crippen molar-refractivity contribution in [3.05, 3.63) is 34.3 Å². The Morgan fingerprint density at radius 2 is 2.18 bits per heavy atom. The van der Waals surface area contributed by atoms with Gasteiger partial charge in [0.25, 0.3) is 0 Å². The van der Waals surface area contributed by atoms with Crippen molar-refractivity contribution < 1.29 is 9.53 Å². The van der Waals surface area contributed by atoms with Crippen LogP contribution < -0.4 is 0 Å². The molecule has 0 heterocycles. The van der Waals surface area contributed by atoms with Crippen LogP contribution in [-0.2, 0) is 16.1 Å². The number of ether oxygens (including phenoxy) is 1. The SMILES string of the molecule is CCN(CC(=O)OC)Cc1ccc(C)cc1Cl. The first-order chi connectivity index (χ1) is 8.06. The molecule has 1 rings (SSSR count). The van der Waals surface area contributed by atoms with Crippen LogP contribution in [0.4, 0.5) is 0 Å². The van der Waals surface area contributed by atoms with E-state index in [4.69, 9.17) is 11.6 Å². The van der Waals surface area contributed by atoms with Crippen molar-refractivity contribution in [3.63, 3.8) is 0 Å². The van der Waals surface area contributed by atoms with Crippen molar-refractivity contribution in [2.45, 2.75) is 20.4 Å². The van der Waals surface area contributed by atoms with E-state index in [-0.39, 0.29) is 12.5 Å². The zero-order valence-corrected chi connectivity index (χ0v) is 11.3. The molecule has 0 fully saturated rings. The van der Waals surface area contributed by atoms with Gasteiger partial charge in [0.2, 0.25) is 0 Å². The number of esters is 1. The molecule has 1 aromatic carbocycles. The fraction of sp³-hybridized carbons (Fsp3) is 0.462. The molecular weight excluding hydrogens is 238 g/mol. The second kappa shape index (κ2) is 6.62. The number of nitrogens with zero attached hydrogens (tertiary/aromatic N) is 1. The Balaban J connectivity index is 2.70. The van der Waals surface area contributed by atoms with Crippen LogP contribution in [0.5, 0.6) is 0 Å². The van der Waals surface area contributed by atoms with Crippen LogP contribution in [0.2, 0.25) is 5.02 Å². The van der Waals surface area contributed by atoms with Gasteiger partial charge in [0.1, 0.15) is 0 Å². The first-order valence-electron chi connectivity index (χ1n) is 5.61. The molecule has 0 aliphatic carbocycles. The molecule has 0 radical (unpaired) electrons. The van der Waals surface area contributed by atoms with Gasteiger partial charge in [0.15, 0.2) is 0 Å². The smallest absolute Gasteiger partial charge is 0.319 e. The zero-order chi connectivity index (χ0) is 12.8. The van der Waals surface area contributed by atoms with Gasteiger partial charge in [-0.15, -0.1) is 0 Å². The molecule has 0 N–H and O–H groups in total. The number of methoxy groups -OCH3 is 1. The average Bonchev–Trinajstić information content (AvgIpc) is 2.31. The largest absolute Gasteiger partial charge is 0.468 e. The standard InChI is InChI=1S/C13H18ClNO2/c1-4-15(9-13(16)17-3)8-11-6-5-10(2)7-12(11)14/h5-7H,4,8-9H2,1-3H3. The van der Waals surface area contributed by atoms with E-state index in [0.29, 0.717) is 6.54 Å². The number of benzene rings is 1. The first-order valence-corrected chi connectivity index (χ1v) is 5.98. The molecule has 0 unspecified atom stereocenters. The van der Waals surface area contributed by atoms with E-state index in [0.717, 1.165) is 22.7 Å². The van der Waals surface area contributed by atoms with E-state index in [1.165, 1.54) is 7.11 Å². The van der Waals surface area contributed by atoms with E-state index in [1.807, 2.05) is 36.9 Å². The predicted molar refractivity (Wildman–Crippen MR) is 69.2 cm³/mol. The Hall–Kier alpha value is -1.06. The van der Waals surface area contributed by atoms with Crippen LogP contribution in [0.1, 0.15) is 18.1 Å². The van der Waals surface area contributed by atoms with Gasteiger partial charge in [-0.2, -0.15) is 0 Å². The fourth-order valence-corrected chi connectivity index (χ4v) is 1.84. The average molecular weight is 256 g/mol. The third-order valence-corrected chi connectivity index (χ3v) is 2.98. The summed E-state index contributed by atoms with van der Waals surface area (Å²) in [7, 11) is 1.40. The monoisotopic (exact) mass is 255 g/mol. The van der Waals surface area contributed by atoms with Crippen LogP contribution >= 0.6 is 11.6 Å². The van der Waals surface area contributed by atoms with Gasteiger partial charge in [-0.25, -0.2) is 0 Å². The summed E-state index contributed by atoms with van der Waals surface area (Å²) in [5.41, 5.74) is 2.16. The first kappa shape index (κ1) is 14.0. The van der Waals surface area contributed by atoms with Crippen molar-refractivity contribution in [2.24, 2.45) is 0 Å². The van der Waals surface area contributed by atoms with E-state index >= 15 is 0 Å². The molecule has 0 saturated carbocycles. The molecule has 94 valence electrons. The lowest BCUT2D eigenvalue weighted by Gasteiger charge is -2.19. The molecule has 0 saturated heterocycles. The summed E-state index contributed by atoms with van der Waals surface area (Å²) in [6.45, 7) is 5.73. The van der Waals surface area contributed by atoms with E-state index in [2.05, 4.69) is 4.74 Å². The summed E-state index contributed by atoms with van der Waals surface area (Å²) in [5, 5.41) is 0.744. The third kappa shape index (κ3) is 4.36. The lowest BCUT2D eigenvalue weighted by atomic mass is 10.1. The quantitative estimate of drug-likeness (QED) is 0.758. The minimum atomic E-state index is -0.227. The Kier molecular flexibility index (Phi) is 5.45. The summed E-state index contributed by atoms with van der Waals surface area (Å²) in [4.78, 5) is 13.2. The van der Waals surface area contributed by atoms with Gasteiger partial charge >= 0.3 is 5.97 Å². The maximum Gasteiger partial charge on any atom is 0.319 e. The number of carbonyl (C=O) groups excluding carboxylic acids is 1. The van der Waals surface area contributed by atoms with Gasteiger partial charge in [0, 0.05) is 11.6 Å². The highest BCUT2D eigenvalue weighted by Crippen LogP contribution is 2.19. The molecule has 0 amide bonds. The van der Waals surface area contributed by atoms with Crippen LogP contribution in [0.3, 0.4) is 0 Å². The van der Waals surface area contributed by atoms with Crippen molar-refractivity contribution >= 4 is 17.6 Å². The number of likely N-dealkylation sites (N-methyl/N-ethyl adjacent to an activating group) is 1. The number of hydrogen-bond donors (Lipinski definition) is 0. The number of carbonyl (C=O) groups is 1. The summed E-state index contributed by atoms with van der Waals surface area (Å²) in [5.74, 6) is -0.227. The molecule has 17 heavy (non-hydrogen) atoms. The maximum atomic E-state index is 11.2. The van der Waals surface area contributed by atoms with Crippen LogP contribution in [0.15, 0.2) is 18.2 Å². The molecular formula is C13H18ClNO2. The number of halogens is 1. The van der Waals surface area contributed by atoms with E-state index in [9.17, 15) is 4.79 Å². The third-order valence-electron chi connectivity index (χ3n) is 2.63. The molecule has 0 bridgehead atoms. The number of aryl methyl sites for hydroxylation is 1. The van der Waals surface area contributed by atoms with Gasteiger partial charge < -0.3 is 4.74 Å². The molecule has 0 atom stereocenters. The molecule has 0 spiro atoms. The predicted octanol–water partition coefficient (Wildman–Crippen LogP) is 2.64. The summed E-state index contributed by atoms with van der Waals surface area (Å²) in [6.07, 6.45) is 0.